The van der Waals surface area contributed by atoms with Gasteiger partial charge in [-0.3, -0.25) is 0 Å². The second kappa shape index (κ2) is 8.31. The van der Waals surface area contributed by atoms with Crippen LogP contribution in [-0.4, -0.2) is 49.2 Å². The predicted molar refractivity (Wildman–Crippen MR) is 124 cm³/mol. The van der Waals surface area contributed by atoms with Crippen molar-refractivity contribution < 1.29 is 9.13 Å². The van der Waals surface area contributed by atoms with Crippen molar-refractivity contribution in [2.45, 2.75) is 26.9 Å². The fourth-order valence-corrected chi connectivity index (χ4v) is 4.02. The molecule has 1 atom stereocenters. The third-order valence-electron chi connectivity index (χ3n) is 5.92. The van der Waals surface area contributed by atoms with E-state index >= 15 is 0 Å². The average Bonchev–Trinajstić information content (AvgIpc) is 3.13. The summed E-state index contributed by atoms with van der Waals surface area (Å²) in [6.45, 7) is 7.29. The monoisotopic (exact) mass is 467 g/mol. The van der Waals surface area contributed by atoms with Crippen LogP contribution in [-0.2, 0) is 11.8 Å². The van der Waals surface area contributed by atoms with Crippen molar-refractivity contribution in [1.82, 2.24) is 29.5 Å². The number of fused-ring (bicyclic) bond motifs is 1. The van der Waals surface area contributed by atoms with Crippen molar-refractivity contribution in [3.63, 3.8) is 0 Å². The number of anilines is 1. The molecule has 4 aromatic rings. The van der Waals surface area contributed by atoms with E-state index in [9.17, 15) is 4.39 Å². The maximum absolute atomic E-state index is 14.9. The van der Waals surface area contributed by atoms with Gasteiger partial charge in [0.1, 0.15) is 29.0 Å². The van der Waals surface area contributed by atoms with E-state index in [0.717, 1.165) is 22.9 Å². The van der Waals surface area contributed by atoms with E-state index in [1.165, 1.54) is 6.07 Å². The maximum atomic E-state index is 14.9. The summed E-state index contributed by atoms with van der Waals surface area (Å²) in [5.41, 5.74) is 3.92. The van der Waals surface area contributed by atoms with Crippen LogP contribution in [0, 0.1) is 26.6 Å². The van der Waals surface area contributed by atoms with Crippen LogP contribution >= 0.6 is 11.6 Å². The molecular weight excluding hydrogens is 445 g/mol. The Kier molecular flexibility index (Phi) is 5.46. The third-order valence-corrected chi connectivity index (χ3v) is 6.16. The molecule has 10 heteroatoms. The lowest BCUT2D eigenvalue weighted by Crippen LogP contribution is -2.39. The zero-order valence-electron chi connectivity index (χ0n) is 18.8. The van der Waals surface area contributed by atoms with E-state index in [2.05, 4.69) is 15.0 Å². The minimum atomic E-state index is -0.475. The molecule has 1 saturated heterocycles. The first-order valence-corrected chi connectivity index (χ1v) is 11.0. The summed E-state index contributed by atoms with van der Waals surface area (Å²) in [7, 11) is 1.95. The van der Waals surface area contributed by atoms with Gasteiger partial charge in [0, 0.05) is 30.4 Å². The van der Waals surface area contributed by atoms with Gasteiger partial charge in [0.25, 0.3) is 0 Å². The molecule has 4 heterocycles. The van der Waals surface area contributed by atoms with Gasteiger partial charge in [0.05, 0.1) is 30.2 Å². The highest BCUT2D eigenvalue weighted by Crippen LogP contribution is 2.32. The minimum Gasteiger partial charge on any atom is -0.368 e. The normalized spacial score (nSPS) is 16.5. The lowest BCUT2D eigenvalue weighted by atomic mass is 10.1. The SMILES string of the molecule is Cc1nc2nc(N3CCO[C@@H](c4cn(C)c(C)n4)C3)nc(-c3ccc(Cl)cc3F)c2nc1C. The fourth-order valence-electron chi connectivity index (χ4n) is 3.86. The van der Waals surface area contributed by atoms with Gasteiger partial charge < -0.3 is 14.2 Å². The van der Waals surface area contributed by atoms with E-state index in [0.29, 0.717) is 53.1 Å². The second-order valence-corrected chi connectivity index (χ2v) is 8.63. The molecule has 0 spiro atoms. The van der Waals surface area contributed by atoms with Crippen LogP contribution in [0.4, 0.5) is 10.3 Å². The molecular formula is C23H23ClFN7O. The first-order chi connectivity index (χ1) is 15.8. The Hall–Kier alpha value is -3.17. The smallest absolute Gasteiger partial charge is 0.228 e. The predicted octanol–water partition coefficient (Wildman–Crippen LogP) is 4.12. The van der Waals surface area contributed by atoms with Crippen molar-refractivity contribution in [1.29, 1.82) is 0 Å². The highest BCUT2D eigenvalue weighted by atomic mass is 35.5. The van der Waals surface area contributed by atoms with Gasteiger partial charge >= 0.3 is 0 Å². The zero-order valence-corrected chi connectivity index (χ0v) is 19.6. The van der Waals surface area contributed by atoms with Crippen molar-refractivity contribution in [3.8, 4) is 11.3 Å². The molecule has 5 rings (SSSR count). The van der Waals surface area contributed by atoms with Crippen molar-refractivity contribution in [2.24, 2.45) is 7.05 Å². The summed E-state index contributed by atoms with van der Waals surface area (Å²) in [4.78, 5) is 25.3. The number of hydrogen-bond donors (Lipinski definition) is 0. The average molecular weight is 468 g/mol. The van der Waals surface area contributed by atoms with Gasteiger partial charge in [0.2, 0.25) is 5.95 Å². The molecule has 1 aliphatic heterocycles. The molecule has 0 radical (unpaired) electrons. The number of hydrogen-bond acceptors (Lipinski definition) is 7. The molecule has 0 N–H and O–H groups in total. The van der Waals surface area contributed by atoms with Crippen LogP contribution in [0.3, 0.4) is 0 Å². The maximum Gasteiger partial charge on any atom is 0.228 e. The lowest BCUT2D eigenvalue weighted by molar-refractivity contribution is 0.0366. The molecule has 1 fully saturated rings. The van der Waals surface area contributed by atoms with Crippen molar-refractivity contribution in [2.75, 3.05) is 24.6 Å². The summed E-state index contributed by atoms with van der Waals surface area (Å²) in [6.07, 6.45) is 1.75. The van der Waals surface area contributed by atoms with E-state index in [1.807, 2.05) is 43.5 Å². The Balaban J connectivity index is 1.61. The Morgan fingerprint density at radius 3 is 2.58 bits per heavy atom. The van der Waals surface area contributed by atoms with Gasteiger partial charge in [0.15, 0.2) is 5.65 Å². The lowest BCUT2D eigenvalue weighted by Gasteiger charge is -2.32. The first kappa shape index (κ1) is 21.7. The van der Waals surface area contributed by atoms with Gasteiger partial charge in [-0.2, -0.15) is 4.98 Å². The summed E-state index contributed by atoms with van der Waals surface area (Å²) in [5.74, 6) is 0.886. The van der Waals surface area contributed by atoms with Crippen LogP contribution in [0.25, 0.3) is 22.4 Å². The van der Waals surface area contributed by atoms with Crippen LogP contribution < -0.4 is 4.90 Å². The number of ether oxygens (including phenoxy) is 1. The number of benzene rings is 1. The van der Waals surface area contributed by atoms with Crippen molar-refractivity contribution >= 4 is 28.7 Å². The molecule has 3 aromatic heterocycles. The Morgan fingerprint density at radius 1 is 1.06 bits per heavy atom. The van der Waals surface area contributed by atoms with E-state index in [-0.39, 0.29) is 6.10 Å². The molecule has 170 valence electrons. The number of morpholine rings is 1. The number of rotatable bonds is 3. The van der Waals surface area contributed by atoms with Gasteiger partial charge in [-0.05, 0) is 39.0 Å². The molecule has 0 bridgehead atoms. The van der Waals surface area contributed by atoms with Crippen LogP contribution in [0.1, 0.15) is 29.0 Å². The molecule has 0 saturated carbocycles. The van der Waals surface area contributed by atoms with Gasteiger partial charge in [-0.1, -0.05) is 11.6 Å². The van der Waals surface area contributed by atoms with E-state index in [4.69, 9.17) is 26.3 Å². The zero-order chi connectivity index (χ0) is 23.3. The van der Waals surface area contributed by atoms with E-state index < -0.39 is 5.82 Å². The fraction of sp³-hybridized carbons (Fsp3) is 0.348. The van der Waals surface area contributed by atoms with Crippen LogP contribution in [0.2, 0.25) is 5.02 Å². The highest BCUT2D eigenvalue weighted by molar-refractivity contribution is 6.30. The Bertz CT molecular complexity index is 1350. The number of halogens is 2. The minimum absolute atomic E-state index is 0.223. The topological polar surface area (TPSA) is 81.9 Å². The number of nitrogens with zero attached hydrogens (tertiary/aromatic N) is 7. The Morgan fingerprint density at radius 2 is 1.85 bits per heavy atom. The molecule has 1 aromatic carbocycles. The molecule has 0 amide bonds. The first-order valence-electron chi connectivity index (χ1n) is 10.6. The van der Waals surface area contributed by atoms with E-state index in [1.54, 1.807) is 12.1 Å². The highest BCUT2D eigenvalue weighted by Gasteiger charge is 2.27. The summed E-state index contributed by atoms with van der Waals surface area (Å²) < 4.78 is 22.8. The quantitative estimate of drug-likeness (QED) is 0.448. The number of aryl methyl sites for hydroxylation is 4. The van der Waals surface area contributed by atoms with Crippen LogP contribution in [0.5, 0.6) is 0 Å². The summed E-state index contributed by atoms with van der Waals surface area (Å²) in [5, 5.41) is 0.314. The Labute approximate surface area is 195 Å². The second-order valence-electron chi connectivity index (χ2n) is 8.19. The molecule has 0 unspecified atom stereocenters. The van der Waals surface area contributed by atoms with Crippen LogP contribution in [0.15, 0.2) is 24.4 Å². The largest absolute Gasteiger partial charge is 0.368 e. The molecule has 8 nitrogen and oxygen atoms in total. The van der Waals surface area contributed by atoms with Gasteiger partial charge in [-0.25, -0.2) is 24.3 Å². The molecule has 0 aliphatic carbocycles. The third kappa shape index (κ3) is 4.02. The summed E-state index contributed by atoms with van der Waals surface area (Å²) >= 11 is 5.98. The number of imidazole rings is 1. The molecule has 1 aliphatic rings. The molecule has 33 heavy (non-hydrogen) atoms. The van der Waals surface area contributed by atoms with Crippen molar-refractivity contribution in [3.05, 3.63) is 58.1 Å². The number of aromatic nitrogens is 6. The summed E-state index contributed by atoms with van der Waals surface area (Å²) in [6, 6.07) is 4.52. The standard InChI is InChI=1S/C23H23ClFN7O/c1-12-13(2)27-22-21(26-12)20(16-6-5-15(24)9-17(16)25)29-23(30-22)32-7-8-33-19(11-32)18-10-31(4)14(3)28-18/h5-6,9-10,19H,7-8,11H2,1-4H3/t19-/m1/s1. The van der Waals surface area contributed by atoms with Gasteiger partial charge in [-0.15, -0.1) is 0 Å².